The van der Waals surface area contributed by atoms with Gasteiger partial charge in [0.15, 0.2) is 0 Å². The lowest BCUT2D eigenvalue weighted by Gasteiger charge is -2.10. The first-order valence-corrected chi connectivity index (χ1v) is 4.15. The van der Waals surface area contributed by atoms with Crippen molar-refractivity contribution >= 4 is 17.4 Å². The van der Waals surface area contributed by atoms with E-state index >= 15 is 0 Å². The van der Waals surface area contributed by atoms with E-state index in [1.54, 1.807) is 0 Å². The molecule has 2 atom stereocenters. The number of rotatable bonds is 3. The highest BCUT2D eigenvalue weighted by Gasteiger charge is 2.20. The zero-order chi connectivity index (χ0) is 8.97. The molecule has 0 aliphatic carbocycles. The number of ether oxygens (including phenoxy) is 2. The smallest absolute Gasteiger partial charge is 0.257 e. The first kappa shape index (κ1) is 9.30. The highest BCUT2D eigenvalue weighted by Crippen LogP contribution is 2.02. The molecule has 1 rings (SSSR count). The third-order valence-electron chi connectivity index (χ3n) is 1.51. The maximum absolute atomic E-state index is 5.26. The molecular formula is C8H11NO2S. The quantitative estimate of drug-likeness (QED) is 0.506. The number of hydrogen-bond acceptors (Lipinski definition) is 3. The maximum Gasteiger partial charge on any atom is 0.257 e. The Balaban J connectivity index is 2.17. The topological polar surface area (TPSA) is 30.5 Å². The predicted molar refractivity (Wildman–Crippen MR) is 49.7 cm³/mol. The van der Waals surface area contributed by atoms with Crippen LogP contribution in [-0.4, -0.2) is 30.5 Å². The molecule has 4 heteroatoms. The second-order valence-electron chi connectivity index (χ2n) is 2.55. The molecule has 1 aliphatic rings. The molecule has 0 bridgehead atoms. The molecule has 1 aliphatic heterocycles. The molecule has 1 fully saturated rings. The van der Waals surface area contributed by atoms with Gasteiger partial charge in [-0.05, 0) is 19.1 Å². The van der Waals surface area contributed by atoms with Crippen LogP contribution in [0.15, 0.2) is 0 Å². The second-order valence-corrected chi connectivity index (χ2v) is 2.92. The molecular weight excluding hydrogens is 174 g/mol. The first-order chi connectivity index (χ1) is 5.72. The standard InChI is InChI=1S/C8H11NO2S/c1-3-6(2)10-5-7-4-9-8(12)11-7/h1,6-7H,4-5H2,2H3,(H,9,12)/t6-,7-/m1/s1. The molecule has 0 saturated carbocycles. The molecule has 1 N–H and O–H groups in total. The Hall–Kier alpha value is -0.790. The summed E-state index contributed by atoms with van der Waals surface area (Å²) >= 11 is 4.78. The summed E-state index contributed by atoms with van der Waals surface area (Å²) in [6.07, 6.45) is 4.97. The number of terminal acetylenes is 1. The van der Waals surface area contributed by atoms with Crippen molar-refractivity contribution in [2.24, 2.45) is 0 Å². The lowest BCUT2D eigenvalue weighted by Crippen LogP contribution is -2.22. The fourth-order valence-electron chi connectivity index (χ4n) is 0.825. The van der Waals surface area contributed by atoms with Crippen LogP contribution >= 0.6 is 12.2 Å². The van der Waals surface area contributed by atoms with Gasteiger partial charge in [0.1, 0.15) is 12.2 Å². The third-order valence-corrected chi connectivity index (χ3v) is 1.76. The van der Waals surface area contributed by atoms with Crippen molar-refractivity contribution in [1.82, 2.24) is 5.32 Å². The Morgan fingerprint density at radius 3 is 3.25 bits per heavy atom. The molecule has 0 aromatic heterocycles. The second kappa shape index (κ2) is 4.29. The van der Waals surface area contributed by atoms with Crippen LogP contribution < -0.4 is 5.32 Å². The van der Waals surface area contributed by atoms with Gasteiger partial charge in [0.2, 0.25) is 0 Å². The van der Waals surface area contributed by atoms with Crippen LogP contribution in [-0.2, 0) is 9.47 Å². The van der Waals surface area contributed by atoms with E-state index in [4.69, 9.17) is 28.1 Å². The third kappa shape index (κ3) is 2.68. The fraction of sp³-hybridized carbons (Fsp3) is 0.625. The van der Waals surface area contributed by atoms with Gasteiger partial charge in [-0.1, -0.05) is 5.92 Å². The van der Waals surface area contributed by atoms with Crippen molar-refractivity contribution in [1.29, 1.82) is 0 Å². The van der Waals surface area contributed by atoms with E-state index in [0.717, 1.165) is 0 Å². The van der Waals surface area contributed by atoms with Crippen molar-refractivity contribution in [3.05, 3.63) is 0 Å². The van der Waals surface area contributed by atoms with Crippen LogP contribution in [0.1, 0.15) is 6.92 Å². The largest absolute Gasteiger partial charge is 0.463 e. The van der Waals surface area contributed by atoms with Gasteiger partial charge < -0.3 is 14.8 Å². The van der Waals surface area contributed by atoms with Crippen molar-refractivity contribution in [2.75, 3.05) is 13.2 Å². The van der Waals surface area contributed by atoms with E-state index in [1.165, 1.54) is 0 Å². The lowest BCUT2D eigenvalue weighted by atomic mass is 10.4. The molecule has 0 aromatic rings. The van der Waals surface area contributed by atoms with Crippen molar-refractivity contribution in [2.45, 2.75) is 19.1 Å². The van der Waals surface area contributed by atoms with Crippen LogP contribution in [0, 0.1) is 12.3 Å². The average molecular weight is 185 g/mol. The number of nitrogens with one attached hydrogen (secondary N) is 1. The Bertz CT molecular complexity index is 212. The minimum Gasteiger partial charge on any atom is -0.463 e. The summed E-state index contributed by atoms with van der Waals surface area (Å²) < 4.78 is 10.4. The summed E-state index contributed by atoms with van der Waals surface area (Å²) in [6, 6.07) is 0. The van der Waals surface area contributed by atoms with Gasteiger partial charge in [0.05, 0.1) is 13.2 Å². The monoisotopic (exact) mass is 185 g/mol. The minimum absolute atomic E-state index is 0.00769. The Kier molecular flexibility index (Phi) is 3.32. The van der Waals surface area contributed by atoms with E-state index in [-0.39, 0.29) is 12.2 Å². The van der Waals surface area contributed by atoms with Crippen LogP contribution in [0.2, 0.25) is 0 Å². The highest BCUT2D eigenvalue weighted by molar-refractivity contribution is 7.80. The van der Waals surface area contributed by atoms with Crippen molar-refractivity contribution < 1.29 is 9.47 Å². The Morgan fingerprint density at radius 1 is 2.00 bits per heavy atom. The molecule has 0 aromatic carbocycles. The van der Waals surface area contributed by atoms with Crippen LogP contribution in [0.3, 0.4) is 0 Å². The molecule has 0 radical (unpaired) electrons. The van der Waals surface area contributed by atoms with Crippen LogP contribution in [0.5, 0.6) is 0 Å². The van der Waals surface area contributed by atoms with Crippen LogP contribution in [0.4, 0.5) is 0 Å². The van der Waals surface area contributed by atoms with Gasteiger partial charge in [-0.3, -0.25) is 0 Å². The Labute approximate surface area is 77.4 Å². The van der Waals surface area contributed by atoms with Gasteiger partial charge in [-0.25, -0.2) is 0 Å². The van der Waals surface area contributed by atoms with Gasteiger partial charge in [-0.2, -0.15) is 0 Å². The van der Waals surface area contributed by atoms with E-state index in [9.17, 15) is 0 Å². The minimum atomic E-state index is -0.164. The SMILES string of the molecule is C#C[C@@H](C)OC[C@H]1CNC(=S)O1. The summed E-state index contributed by atoms with van der Waals surface area (Å²) in [5.41, 5.74) is 0. The molecule has 1 heterocycles. The summed E-state index contributed by atoms with van der Waals surface area (Å²) in [7, 11) is 0. The lowest BCUT2D eigenvalue weighted by molar-refractivity contribution is 0.0412. The molecule has 0 unspecified atom stereocenters. The molecule has 12 heavy (non-hydrogen) atoms. The summed E-state index contributed by atoms with van der Waals surface area (Å²) in [5.74, 6) is 2.47. The molecule has 3 nitrogen and oxygen atoms in total. The van der Waals surface area contributed by atoms with E-state index in [0.29, 0.717) is 18.3 Å². The Morgan fingerprint density at radius 2 is 2.75 bits per heavy atom. The zero-order valence-corrected chi connectivity index (χ0v) is 7.69. The molecule has 1 saturated heterocycles. The van der Waals surface area contributed by atoms with E-state index < -0.39 is 0 Å². The van der Waals surface area contributed by atoms with Crippen molar-refractivity contribution in [3.63, 3.8) is 0 Å². The van der Waals surface area contributed by atoms with Gasteiger partial charge in [0.25, 0.3) is 5.17 Å². The van der Waals surface area contributed by atoms with Gasteiger partial charge in [-0.15, -0.1) is 6.42 Å². The van der Waals surface area contributed by atoms with Gasteiger partial charge in [0, 0.05) is 0 Å². The normalized spacial score (nSPS) is 24.0. The predicted octanol–water partition coefficient (Wildman–Crippen LogP) is 0.298. The molecule has 0 amide bonds. The van der Waals surface area contributed by atoms with Crippen LogP contribution in [0.25, 0.3) is 0 Å². The fourth-order valence-corrected chi connectivity index (χ4v) is 1.04. The zero-order valence-electron chi connectivity index (χ0n) is 6.87. The number of thiocarbonyl (C=S) groups is 1. The highest BCUT2D eigenvalue weighted by atomic mass is 32.1. The van der Waals surface area contributed by atoms with Crippen molar-refractivity contribution in [3.8, 4) is 12.3 Å². The molecule has 0 spiro atoms. The average Bonchev–Trinajstić information content (AvgIpc) is 2.47. The first-order valence-electron chi connectivity index (χ1n) is 3.74. The summed E-state index contributed by atoms with van der Waals surface area (Å²) in [6.45, 7) is 3.01. The number of hydrogen-bond donors (Lipinski definition) is 1. The maximum atomic E-state index is 5.26. The summed E-state index contributed by atoms with van der Waals surface area (Å²) in [4.78, 5) is 0. The molecule has 66 valence electrons. The summed E-state index contributed by atoms with van der Waals surface area (Å²) in [5, 5.41) is 3.33. The van der Waals surface area contributed by atoms with E-state index in [2.05, 4.69) is 11.2 Å². The van der Waals surface area contributed by atoms with Gasteiger partial charge >= 0.3 is 0 Å². The van der Waals surface area contributed by atoms with E-state index in [1.807, 2.05) is 6.92 Å².